The predicted octanol–water partition coefficient (Wildman–Crippen LogP) is 5.78. The minimum Gasteiger partial charge on any atom is -0.354 e. The van der Waals surface area contributed by atoms with Gasteiger partial charge in [0.25, 0.3) is 0 Å². The molecular weight excluding hydrogens is 444 g/mol. The molecule has 34 heavy (non-hydrogen) atoms. The highest BCUT2D eigenvalue weighted by Gasteiger charge is 2.24. The van der Waals surface area contributed by atoms with Gasteiger partial charge in [-0.3, -0.25) is 4.79 Å². The molecule has 1 amide bonds. The lowest BCUT2D eigenvalue weighted by Crippen LogP contribution is -2.36. The maximum absolute atomic E-state index is 12.7. The molecule has 178 valence electrons. The summed E-state index contributed by atoms with van der Waals surface area (Å²) in [6.45, 7) is 9.41. The van der Waals surface area contributed by atoms with Crippen LogP contribution in [-0.2, 0) is 11.2 Å². The number of hydrogen-bond donors (Lipinski definition) is 0. The van der Waals surface area contributed by atoms with E-state index in [0.29, 0.717) is 12.3 Å². The Morgan fingerprint density at radius 1 is 0.971 bits per heavy atom. The average molecular weight is 477 g/mol. The van der Waals surface area contributed by atoms with Crippen LogP contribution >= 0.6 is 11.6 Å². The second-order valence-electron chi connectivity index (χ2n) is 9.42. The third kappa shape index (κ3) is 5.95. The van der Waals surface area contributed by atoms with Crippen LogP contribution in [0.4, 0.5) is 5.82 Å². The second kappa shape index (κ2) is 11.0. The fourth-order valence-corrected chi connectivity index (χ4v) is 4.56. The summed E-state index contributed by atoms with van der Waals surface area (Å²) in [6.07, 6.45) is 2.26. The first-order valence-electron chi connectivity index (χ1n) is 12.1. The summed E-state index contributed by atoms with van der Waals surface area (Å²) in [4.78, 5) is 27.0. The number of anilines is 1. The molecular formula is C28H33ClN4O. The van der Waals surface area contributed by atoms with E-state index in [2.05, 4.69) is 37.8 Å². The van der Waals surface area contributed by atoms with Gasteiger partial charge in [-0.05, 0) is 37.0 Å². The highest BCUT2D eigenvalue weighted by Crippen LogP contribution is 2.29. The molecule has 2 heterocycles. The van der Waals surface area contributed by atoms with Crippen LogP contribution in [0.25, 0.3) is 11.4 Å². The highest BCUT2D eigenvalue weighted by molar-refractivity contribution is 6.30. The normalized spacial score (nSPS) is 14.4. The predicted molar refractivity (Wildman–Crippen MR) is 139 cm³/mol. The summed E-state index contributed by atoms with van der Waals surface area (Å²) in [5.41, 5.74) is 4.29. The monoisotopic (exact) mass is 476 g/mol. The minimum absolute atomic E-state index is 0.252. The molecule has 5 nitrogen and oxygen atoms in total. The molecule has 1 aromatic heterocycles. The van der Waals surface area contributed by atoms with Gasteiger partial charge >= 0.3 is 0 Å². The third-order valence-corrected chi connectivity index (χ3v) is 6.50. The lowest BCUT2D eigenvalue weighted by Gasteiger charge is -2.26. The van der Waals surface area contributed by atoms with Crippen LogP contribution in [0.15, 0.2) is 54.6 Å². The molecule has 1 aliphatic heterocycles. The Morgan fingerprint density at radius 3 is 2.41 bits per heavy atom. The summed E-state index contributed by atoms with van der Waals surface area (Å²) in [5, 5.41) is 0.732. The van der Waals surface area contributed by atoms with E-state index in [9.17, 15) is 4.79 Å². The van der Waals surface area contributed by atoms with Gasteiger partial charge in [-0.1, -0.05) is 67.9 Å². The molecule has 0 spiro atoms. The van der Waals surface area contributed by atoms with Gasteiger partial charge < -0.3 is 9.80 Å². The van der Waals surface area contributed by atoms with Crippen LogP contribution in [0.1, 0.15) is 43.5 Å². The Balaban J connectivity index is 1.67. The number of halogens is 1. The minimum atomic E-state index is 0.252. The average Bonchev–Trinajstić information content (AvgIpc) is 3.08. The zero-order chi connectivity index (χ0) is 24.1. The number of carbonyl (C=O) groups is 1. The number of rotatable bonds is 6. The molecule has 0 atom stereocenters. The lowest BCUT2D eigenvalue weighted by molar-refractivity contribution is -0.131. The van der Waals surface area contributed by atoms with Gasteiger partial charge in [-0.15, -0.1) is 0 Å². The van der Waals surface area contributed by atoms with Crippen molar-refractivity contribution < 1.29 is 4.79 Å². The fourth-order valence-electron chi connectivity index (χ4n) is 4.43. The van der Waals surface area contributed by atoms with E-state index in [0.717, 1.165) is 72.5 Å². The van der Waals surface area contributed by atoms with E-state index >= 15 is 0 Å². The van der Waals surface area contributed by atoms with Gasteiger partial charge in [0.05, 0.1) is 0 Å². The van der Waals surface area contributed by atoms with E-state index in [1.165, 1.54) is 5.56 Å². The van der Waals surface area contributed by atoms with Crippen molar-refractivity contribution in [2.45, 2.75) is 40.0 Å². The first kappa shape index (κ1) is 24.2. The molecule has 0 N–H and O–H groups in total. The summed E-state index contributed by atoms with van der Waals surface area (Å²) < 4.78 is 0. The first-order valence-corrected chi connectivity index (χ1v) is 12.5. The van der Waals surface area contributed by atoms with E-state index < -0.39 is 0 Å². The maximum Gasteiger partial charge on any atom is 0.222 e. The van der Waals surface area contributed by atoms with Crippen molar-refractivity contribution in [1.29, 1.82) is 0 Å². The smallest absolute Gasteiger partial charge is 0.222 e. The zero-order valence-corrected chi connectivity index (χ0v) is 21.1. The summed E-state index contributed by atoms with van der Waals surface area (Å²) in [5.74, 6) is 2.34. The Bertz CT molecular complexity index is 1120. The Labute approximate surface area is 207 Å². The van der Waals surface area contributed by atoms with Crippen molar-refractivity contribution in [3.8, 4) is 11.4 Å². The molecule has 0 aliphatic carbocycles. The van der Waals surface area contributed by atoms with Crippen molar-refractivity contribution >= 4 is 23.3 Å². The topological polar surface area (TPSA) is 49.3 Å². The lowest BCUT2D eigenvalue weighted by atomic mass is 10.0. The summed E-state index contributed by atoms with van der Waals surface area (Å²) in [7, 11) is 0. The number of amides is 1. The molecule has 1 saturated heterocycles. The van der Waals surface area contributed by atoms with Crippen LogP contribution in [0.5, 0.6) is 0 Å². The van der Waals surface area contributed by atoms with Crippen molar-refractivity contribution in [1.82, 2.24) is 14.9 Å². The van der Waals surface area contributed by atoms with Crippen molar-refractivity contribution in [3.05, 3.63) is 76.4 Å². The van der Waals surface area contributed by atoms with E-state index in [4.69, 9.17) is 21.6 Å². The molecule has 3 aromatic rings. The van der Waals surface area contributed by atoms with Crippen LogP contribution in [0.3, 0.4) is 0 Å². The number of aromatic nitrogens is 2. The van der Waals surface area contributed by atoms with Crippen molar-refractivity contribution in [2.75, 3.05) is 31.1 Å². The first-order chi connectivity index (χ1) is 16.4. The van der Waals surface area contributed by atoms with Crippen LogP contribution in [-0.4, -0.2) is 47.0 Å². The molecule has 6 heteroatoms. The van der Waals surface area contributed by atoms with E-state index in [1.54, 1.807) is 0 Å². The van der Waals surface area contributed by atoms with Crippen LogP contribution < -0.4 is 4.90 Å². The van der Waals surface area contributed by atoms with E-state index in [-0.39, 0.29) is 5.91 Å². The van der Waals surface area contributed by atoms with Crippen LogP contribution in [0.2, 0.25) is 5.02 Å². The molecule has 0 bridgehead atoms. The maximum atomic E-state index is 12.7. The molecule has 1 aliphatic rings. The third-order valence-electron chi connectivity index (χ3n) is 6.25. The van der Waals surface area contributed by atoms with Crippen molar-refractivity contribution in [2.24, 2.45) is 5.92 Å². The SMILES string of the molecule is Cc1nc(-c2ccccc2)nc(N2CCCN(C(=O)CC(C)C)CC2)c1Cc1ccc(Cl)cc1. The summed E-state index contributed by atoms with van der Waals surface area (Å²) >= 11 is 6.11. The Morgan fingerprint density at radius 2 is 1.71 bits per heavy atom. The van der Waals surface area contributed by atoms with E-state index in [1.807, 2.05) is 47.4 Å². The molecule has 0 unspecified atom stereocenters. The molecule has 2 aromatic carbocycles. The molecule has 0 radical (unpaired) electrons. The standard InChI is InChI=1S/C28H33ClN4O/c1-20(2)18-26(34)32-14-7-15-33(17-16-32)28-25(19-22-10-12-24(29)13-11-22)21(3)30-27(31-28)23-8-5-4-6-9-23/h4-6,8-13,20H,7,14-19H2,1-3H3. The number of nitrogens with zero attached hydrogens (tertiary/aromatic N) is 4. The van der Waals surface area contributed by atoms with Gasteiger partial charge in [-0.25, -0.2) is 9.97 Å². The number of benzene rings is 2. The quantitative estimate of drug-likeness (QED) is 0.452. The number of hydrogen-bond acceptors (Lipinski definition) is 4. The summed E-state index contributed by atoms with van der Waals surface area (Å²) in [6, 6.07) is 18.1. The van der Waals surface area contributed by atoms with Crippen LogP contribution in [0, 0.1) is 12.8 Å². The zero-order valence-electron chi connectivity index (χ0n) is 20.3. The van der Waals surface area contributed by atoms with Gasteiger partial charge in [0.15, 0.2) is 5.82 Å². The number of aryl methyl sites for hydroxylation is 1. The van der Waals surface area contributed by atoms with Gasteiger partial charge in [-0.2, -0.15) is 0 Å². The largest absolute Gasteiger partial charge is 0.354 e. The van der Waals surface area contributed by atoms with Gasteiger partial charge in [0.2, 0.25) is 5.91 Å². The van der Waals surface area contributed by atoms with Gasteiger partial charge in [0, 0.05) is 60.9 Å². The van der Waals surface area contributed by atoms with Crippen molar-refractivity contribution in [3.63, 3.8) is 0 Å². The second-order valence-corrected chi connectivity index (χ2v) is 9.86. The number of carbonyl (C=O) groups excluding carboxylic acids is 1. The fraction of sp³-hybridized carbons (Fsp3) is 0.393. The Kier molecular flexibility index (Phi) is 7.84. The highest BCUT2D eigenvalue weighted by atomic mass is 35.5. The van der Waals surface area contributed by atoms with Gasteiger partial charge in [0.1, 0.15) is 5.82 Å². The molecule has 4 rings (SSSR count). The molecule has 0 saturated carbocycles. The molecule has 1 fully saturated rings. The Hall–Kier alpha value is -2.92.